The average molecular weight is 552 g/mol. The third-order valence-electron chi connectivity index (χ3n) is 9.34. The number of imidazole rings is 1. The van der Waals surface area contributed by atoms with Gasteiger partial charge in [-0.25, -0.2) is 9.97 Å². The minimum Gasteiger partial charge on any atom is -0.268 e. The molecule has 0 radical (unpaired) electrons. The van der Waals surface area contributed by atoms with Crippen molar-refractivity contribution in [2.24, 2.45) is 0 Å². The Hall–Kier alpha value is -3.88. The van der Waals surface area contributed by atoms with Gasteiger partial charge in [-0.1, -0.05) is 86.1 Å². The van der Waals surface area contributed by atoms with Crippen LogP contribution in [0.5, 0.6) is 0 Å². The van der Waals surface area contributed by atoms with E-state index in [1.54, 1.807) is 0 Å². The fraction of sp³-hybridized carbons (Fsp3) is 0.206. The predicted octanol–water partition coefficient (Wildman–Crippen LogP) is 7.31. The van der Waals surface area contributed by atoms with Gasteiger partial charge in [0.05, 0.1) is 27.1 Å². The monoisotopic (exact) mass is 551 g/mol. The quantitative estimate of drug-likeness (QED) is 0.167. The number of hydrogen-bond donors (Lipinski definition) is 0. The third-order valence-corrected chi connectivity index (χ3v) is 13.4. The highest BCUT2D eigenvalue weighted by Gasteiger charge is 2.32. The van der Waals surface area contributed by atoms with Gasteiger partial charge >= 0.3 is 0 Å². The van der Waals surface area contributed by atoms with Crippen molar-refractivity contribution in [2.45, 2.75) is 46.2 Å². The summed E-state index contributed by atoms with van der Waals surface area (Å²) in [7, 11) is -3.51. The van der Waals surface area contributed by atoms with Crippen LogP contribution in [0.3, 0.4) is 0 Å². The maximum absolute atomic E-state index is 14.5. The van der Waals surface area contributed by atoms with E-state index in [1.807, 2.05) is 23.5 Å². The first-order chi connectivity index (χ1) is 18.9. The molecule has 0 spiro atoms. The first kappa shape index (κ1) is 22.9. The summed E-state index contributed by atoms with van der Waals surface area (Å²) in [4.78, 5) is 24.3. The maximum atomic E-state index is 14.5. The van der Waals surface area contributed by atoms with Gasteiger partial charge in [0, 0.05) is 11.1 Å². The summed E-state index contributed by atoms with van der Waals surface area (Å²) in [6.45, 7) is 16.5. The molecule has 0 N–H and O–H groups in total. The van der Waals surface area contributed by atoms with E-state index < -0.39 is 16.1 Å². The van der Waals surface area contributed by atoms with Crippen molar-refractivity contribution in [3.63, 3.8) is 0 Å². The van der Waals surface area contributed by atoms with E-state index >= 15 is 0 Å². The summed E-state index contributed by atoms with van der Waals surface area (Å²) in [5.74, 6) is 0. The van der Waals surface area contributed by atoms with E-state index in [9.17, 15) is 4.79 Å². The molecular weight excluding hydrogens is 523 g/mol. The molecule has 0 fully saturated rings. The summed E-state index contributed by atoms with van der Waals surface area (Å²) < 4.78 is 1.83. The van der Waals surface area contributed by atoms with Gasteiger partial charge in [-0.3, -0.25) is 9.20 Å². The molecule has 0 saturated carbocycles. The summed E-state index contributed by atoms with van der Waals surface area (Å²) in [6, 6.07) is 18.1. The summed E-state index contributed by atoms with van der Waals surface area (Å²) in [6.07, 6.45) is 0. The van der Waals surface area contributed by atoms with Crippen LogP contribution in [0.25, 0.3) is 81.4 Å². The Morgan fingerprint density at radius 3 is 1.73 bits per heavy atom. The Morgan fingerprint density at radius 2 is 1.15 bits per heavy atom. The molecule has 0 amide bonds. The molecule has 40 heavy (non-hydrogen) atoms. The van der Waals surface area contributed by atoms with Crippen molar-refractivity contribution < 1.29 is 0 Å². The number of pyridine rings is 1. The first-order valence-electron chi connectivity index (χ1n) is 14.2. The largest absolute Gasteiger partial charge is 0.268 e. The number of benzene rings is 5. The van der Waals surface area contributed by atoms with Crippen LogP contribution in [0, 0.1) is 6.92 Å². The Morgan fingerprint density at radius 1 is 0.600 bits per heavy atom. The fourth-order valence-corrected chi connectivity index (χ4v) is 10.9. The highest BCUT2D eigenvalue weighted by atomic mass is 28.3. The topological polar surface area (TPSA) is 47.3 Å². The van der Waals surface area contributed by atoms with Gasteiger partial charge in [0.25, 0.3) is 5.56 Å². The molecule has 9 rings (SSSR count). The Kier molecular flexibility index (Phi) is 3.83. The SMILES string of the molecule is Cc1ccc2c(n1)nc1c3c4cc([Si](C)(C)C)c5ccc6ccc7c([Si](C)(C)C)cc(c3c(=O)n21)c1c7c6c5c41. The average Bonchev–Trinajstić information content (AvgIpc) is 3.52. The highest BCUT2D eigenvalue weighted by molar-refractivity contribution is 6.91. The van der Waals surface area contributed by atoms with E-state index in [1.165, 1.54) is 58.8 Å². The van der Waals surface area contributed by atoms with Gasteiger partial charge in [0.15, 0.2) is 11.3 Å². The zero-order valence-electron chi connectivity index (χ0n) is 23.9. The van der Waals surface area contributed by atoms with Crippen molar-refractivity contribution >= 4 is 108 Å². The lowest BCUT2D eigenvalue weighted by Crippen LogP contribution is -2.38. The molecule has 0 aliphatic heterocycles. The Bertz CT molecular complexity index is 2580. The van der Waals surface area contributed by atoms with Crippen LogP contribution in [-0.2, 0) is 0 Å². The minimum absolute atomic E-state index is 0.0266. The molecule has 0 saturated heterocycles. The fourth-order valence-electron chi connectivity index (χ4n) is 7.66. The van der Waals surface area contributed by atoms with Gasteiger partial charge in [-0.2, -0.15) is 0 Å². The molecule has 6 aromatic carbocycles. The van der Waals surface area contributed by atoms with Crippen molar-refractivity contribution in [3.05, 3.63) is 64.6 Å². The molecule has 194 valence electrons. The molecular formula is C34H29N3OSi2. The van der Waals surface area contributed by atoms with E-state index in [2.05, 4.69) is 75.7 Å². The number of rotatable bonds is 2. The summed E-state index contributed by atoms with van der Waals surface area (Å²) in [5, 5.41) is 17.7. The van der Waals surface area contributed by atoms with Gasteiger partial charge in [-0.15, -0.1) is 0 Å². The van der Waals surface area contributed by atoms with Crippen LogP contribution in [0.4, 0.5) is 0 Å². The van der Waals surface area contributed by atoms with E-state index in [-0.39, 0.29) is 5.56 Å². The second-order valence-corrected chi connectivity index (χ2v) is 24.0. The number of hydrogen-bond acceptors (Lipinski definition) is 3. The Labute approximate surface area is 232 Å². The van der Waals surface area contributed by atoms with Crippen LogP contribution in [-0.4, -0.2) is 30.5 Å². The summed E-state index contributed by atoms with van der Waals surface area (Å²) in [5.41, 5.74) is 3.12. The van der Waals surface area contributed by atoms with Crippen LogP contribution < -0.4 is 15.9 Å². The third kappa shape index (κ3) is 2.47. The second-order valence-electron chi connectivity index (χ2n) is 13.9. The van der Waals surface area contributed by atoms with Gasteiger partial charge in [0.2, 0.25) is 0 Å². The lowest BCUT2D eigenvalue weighted by Gasteiger charge is -2.21. The van der Waals surface area contributed by atoms with Crippen molar-refractivity contribution in [2.75, 3.05) is 0 Å². The zero-order valence-corrected chi connectivity index (χ0v) is 25.9. The molecule has 9 aromatic rings. The molecule has 3 aromatic heterocycles. The molecule has 3 heterocycles. The normalized spacial score (nSPS) is 14.0. The number of aromatic nitrogens is 3. The molecule has 0 atom stereocenters. The van der Waals surface area contributed by atoms with Gasteiger partial charge in [0.1, 0.15) is 0 Å². The molecule has 4 nitrogen and oxygen atoms in total. The number of nitrogens with zero attached hydrogens (tertiary/aromatic N) is 3. The van der Waals surface area contributed by atoms with Crippen LogP contribution >= 0.6 is 0 Å². The lowest BCUT2D eigenvalue weighted by atomic mass is 9.95. The minimum atomic E-state index is -1.76. The molecule has 0 aliphatic rings. The molecule has 0 bridgehead atoms. The van der Waals surface area contributed by atoms with Crippen molar-refractivity contribution in [1.82, 2.24) is 14.4 Å². The van der Waals surface area contributed by atoms with Crippen molar-refractivity contribution in [3.8, 4) is 0 Å². The molecule has 6 heteroatoms. The van der Waals surface area contributed by atoms with Crippen LogP contribution in [0.15, 0.2) is 53.3 Å². The van der Waals surface area contributed by atoms with Crippen LogP contribution in [0.1, 0.15) is 5.69 Å². The zero-order chi connectivity index (χ0) is 27.6. The number of aryl methyl sites for hydroxylation is 1. The highest BCUT2D eigenvalue weighted by Crippen LogP contribution is 2.50. The van der Waals surface area contributed by atoms with E-state index in [4.69, 9.17) is 9.97 Å². The predicted molar refractivity (Wildman–Crippen MR) is 177 cm³/mol. The first-order valence-corrected chi connectivity index (χ1v) is 21.2. The summed E-state index contributed by atoms with van der Waals surface area (Å²) >= 11 is 0. The standard InChI is InChI=1S/C34H29N3OSi2/c1-16-8-13-22-32(35-16)36-33-30-20-14-23(39(2,3)4)18-11-9-17-10-12-19-24(40(5,6)7)15-21(31(30)34(38)37(22)33)29-27(19)25(17)26(18)28(20)29/h8-15H,1-7H3. The number of fused-ring (bicyclic) bond motifs is 7. The Balaban J connectivity index is 1.71. The maximum Gasteiger partial charge on any atom is 0.265 e. The smallest absolute Gasteiger partial charge is 0.265 e. The van der Waals surface area contributed by atoms with Gasteiger partial charge in [-0.05, 0) is 72.9 Å². The van der Waals surface area contributed by atoms with Crippen molar-refractivity contribution in [1.29, 1.82) is 0 Å². The molecule has 0 unspecified atom stereocenters. The van der Waals surface area contributed by atoms with Gasteiger partial charge < -0.3 is 0 Å². The molecule has 0 aliphatic carbocycles. The van der Waals surface area contributed by atoms with E-state index in [0.717, 1.165) is 33.0 Å². The second kappa shape index (κ2) is 6.70. The lowest BCUT2D eigenvalue weighted by molar-refractivity contribution is 1.20. The van der Waals surface area contributed by atoms with Crippen LogP contribution in [0.2, 0.25) is 39.3 Å². The van der Waals surface area contributed by atoms with E-state index in [0.29, 0.717) is 5.65 Å².